The van der Waals surface area contributed by atoms with E-state index in [0.717, 1.165) is 58.7 Å². The molecule has 0 bridgehead atoms. The van der Waals surface area contributed by atoms with E-state index in [4.69, 9.17) is 4.74 Å². The number of rotatable bonds is 5. The Kier molecular flexibility index (Phi) is 6.33. The molecule has 2 aliphatic heterocycles. The highest BCUT2D eigenvalue weighted by atomic mass is 16.6. The van der Waals surface area contributed by atoms with Crippen LogP contribution in [-0.2, 0) is 11.3 Å². The van der Waals surface area contributed by atoms with Crippen LogP contribution in [0.3, 0.4) is 0 Å². The molecular weight excluding hydrogens is 326 g/mol. The molecule has 0 unspecified atom stereocenters. The van der Waals surface area contributed by atoms with E-state index in [-0.39, 0.29) is 5.97 Å². The molecule has 1 aromatic carbocycles. The second kappa shape index (κ2) is 8.51. The van der Waals surface area contributed by atoms with Crippen LogP contribution in [0.2, 0.25) is 0 Å². The molecular formula is C21H33N3O2. The zero-order valence-corrected chi connectivity index (χ0v) is 16.5. The first-order valence-electron chi connectivity index (χ1n) is 9.88. The lowest BCUT2D eigenvalue weighted by Crippen LogP contribution is -2.43. The number of benzene rings is 1. The Labute approximate surface area is 157 Å². The summed E-state index contributed by atoms with van der Waals surface area (Å²) in [6.07, 6.45) is 2.12. The van der Waals surface area contributed by atoms with Crippen molar-refractivity contribution in [1.29, 1.82) is 0 Å². The van der Waals surface area contributed by atoms with Gasteiger partial charge in [0.2, 0.25) is 0 Å². The monoisotopic (exact) mass is 359 g/mol. The number of carbonyl (C=O) groups excluding carboxylic acids is 1. The van der Waals surface area contributed by atoms with E-state index in [0.29, 0.717) is 11.5 Å². The molecule has 0 radical (unpaired) electrons. The second-order valence-corrected chi connectivity index (χ2v) is 8.29. The fourth-order valence-corrected chi connectivity index (χ4v) is 3.91. The average molecular weight is 360 g/mol. The summed E-state index contributed by atoms with van der Waals surface area (Å²) in [5.74, 6) is 0.212. The van der Waals surface area contributed by atoms with Crippen LogP contribution in [0.5, 0.6) is 0 Å². The number of nitrogens with one attached hydrogen (secondary N) is 1. The van der Waals surface area contributed by atoms with Crippen LogP contribution in [0.15, 0.2) is 24.3 Å². The van der Waals surface area contributed by atoms with Crippen LogP contribution in [0, 0.1) is 5.92 Å². The molecule has 3 rings (SSSR count). The van der Waals surface area contributed by atoms with E-state index in [9.17, 15) is 4.79 Å². The van der Waals surface area contributed by atoms with Gasteiger partial charge in [0, 0.05) is 38.6 Å². The van der Waals surface area contributed by atoms with Gasteiger partial charge in [-0.05, 0) is 64.5 Å². The minimum absolute atomic E-state index is 0.209. The van der Waals surface area contributed by atoms with Gasteiger partial charge in [-0.2, -0.15) is 0 Å². The Bertz CT molecular complexity index is 586. The number of nitrogens with zero attached hydrogens (tertiary/aromatic N) is 2. The van der Waals surface area contributed by atoms with Crippen LogP contribution in [0.4, 0.5) is 0 Å². The number of esters is 1. The summed E-state index contributed by atoms with van der Waals surface area (Å²) in [6, 6.07) is 7.94. The van der Waals surface area contributed by atoms with Gasteiger partial charge < -0.3 is 15.0 Å². The number of hydrogen-bond donors (Lipinski definition) is 1. The third kappa shape index (κ3) is 5.06. The molecule has 1 N–H and O–H groups in total. The summed E-state index contributed by atoms with van der Waals surface area (Å²) in [5.41, 5.74) is 1.48. The van der Waals surface area contributed by atoms with E-state index < -0.39 is 5.60 Å². The van der Waals surface area contributed by atoms with Crippen molar-refractivity contribution in [2.24, 2.45) is 5.92 Å². The van der Waals surface area contributed by atoms with E-state index in [1.54, 1.807) is 0 Å². The number of carbonyl (C=O) groups is 1. The number of piperidine rings is 1. The molecule has 2 fully saturated rings. The predicted molar refractivity (Wildman–Crippen MR) is 104 cm³/mol. The lowest BCUT2D eigenvalue weighted by Gasteiger charge is -2.36. The molecule has 26 heavy (non-hydrogen) atoms. The maximum atomic E-state index is 12.6. The highest BCUT2D eigenvalue weighted by Gasteiger charge is 2.34. The third-order valence-electron chi connectivity index (χ3n) is 5.87. The maximum Gasteiger partial charge on any atom is 0.338 e. The van der Waals surface area contributed by atoms with Gasteiger partial charge >= 0.3 is 5.97 Å². The van der Waals surface area contributed by atoms with Crippen LogP contribution in [0.25, 0.3) is 0 Å². The molecule has 2 saturated heterocycles. The first-order valence-corrected chi connectivity index (χ1v) is 9.88. The quantitative estimate of drug-likeness (QED) is 0.818. The largest absolute Gasteiger partial charge is 0.456 e. The molecule has 0 aromatic heterocycles. The average Bonchev–Trinajstić information content (AvgIpc) is 2.64. The second-order valence-electron chi connectivity index (χ2n) is 8.29. The molecule has 2 aliphatic rings. The maximum absolute atomic E-state index is 12.6. The van der Waals surface area contributed by atoms with E-state index in [1.807, 2.05) is 26.0 Å². The Morgan fingerprint density at radius 2 is 1.73 bits per heavy atom. The summed E-state index contributed by atoms with van der Waals surface area (Å²) in [4.78, 5) is 17.4. The Hall–Kier alpha value is -1.43. The van der Waals surface area contributed by atoms with Crippen molar-refractivity contribution in [3.8, 4) is 0 Å². The molecule has 0 atom stereocenters. The molecule has 0 saturated carbocycles. The zero-order chi connectivity index (χ0) is 18.6. The molecule has 144 valence electrons. The lowest BCUT2D eigenvalue weighted by atomic mass is 9.83. The minimum Gasteiger partial charge on any atom is -0.456 e. The number of ether oxygens (including phenoxy) is 1. The van der Waals surface area contributed by atoms with Crippen LogP contribution >= 0.6 is 0 Å². The van der Waals surface area contributed by atoms with Crippen molar-refractivity contribution < 1.29 is 9.53 Å². The molecule has 0 spiro atoms. The van der Waals surface area contributed by atoms with Gasteiger partial charge in [0.1, 0.15) is 5.60 Å². The highest BCUT2D eigenvalue weighted by molar-refractivity contribution is 5.89. The van der Waals surface area contributed by atoms with Crippen molar-refractivity contribution in [1.82, 2.24) is 15.1 Å². The molecule has 0 amide bonds. The molecule has 5 heteroatoms. The van der Waals surface area contributed by atoms with Crippen molar-refractivity contribution >= 4 is 5.97 Å². The van der Waals surface area contributed by atoms with E-state index in [1.165, 1.54) is 5.56 Å². The van der Waals surface area contributed by atoms with Crippen molar-refractivity contribution in [3.63, 3.8) is 0 Å². The SMILES string of the molecule is CN1CCN(Cc2ccc(C(=O)OC(C)(C)C3CCNCC3)cc2)CC1. The van der Waals surface area contributed by atoms with Crippen molar-refractivity contribution in [2.45, 2.75) is 38.8 Å². The third-order valence-corrected chi connectivity index (χ3v) is 5.87. The zero-order valence-electron chi connectivity index (χ0n) is 16.5. The van der Waals surface area contributed by atoms with Gasteiger partial charge in [0.05, 0.1) is 5.56 Å². The molecule has 1 aromatic rings. The van der Waals surface area contributed by atoms with Crippen LogP contribution in [-0.4, -0.2) is 67.7 Å². The number of hydrogen-bond acceptors (Lipinski definition) is 5. The summed E-state index contributed by atoms with van der Waals surface area (Å²) in [7, 11) is 2.17. The van der Waals surface area contributed by atoms with Crippen LogP contribution in [0.1, 0.15) is 42.6 Å². The topological polar surface area (TPSA) is 44.8 Å². The Morgan fingerprint density at radius 1 is 1.12 bits per heavy atom. The van der Waals surface area contributed by atoms with E-state index >= 15 is 0 Å². The Morgan fingerprint density at radius 3 is 2.35 bits per heavy atom. The van der Waals surface area contributed by atoms with Gasteiger partial charge in [-0.1, -0.05) is 12.1 Å². The fourth-order valence-electron chi connectivity index (χ4n) is 3.91. The van der Waals surface area contributed by atoms with Crippen LogP contribution < -0.4 is 5.32 Å². The highest BCUT2D eigenvalue weighted by Crippen LogP contribution is 2.29. The van der Waals surface area contributed by atoms with E-state index in [2.05, 4.69) is 34.3 Å². The fraction of sp³-hybridized carbons (Fsp3) is 0.667. The summed E-state index contributed by atoms with van der Waals surface area (Å²) in [6.45, 7) is 11.5. The summed E-state index contributed by atoms with van der Waals surface area (Å²) in [5, 5.41) is 3.37. The predicted octanol–water partition coefficient (Wildman–Crippen LogP) is 2.37. The number of piperazine rings is 1. The van der Waals surface area contributed by atoms with Crippen molar-refractivity contribution in [3.05, 3.63) is 35.4 Å². The van der Waals surface area contributed by atoms with Gasteiger partial charge in [-0.3, -0.25) is 4.90 Å². The first kappa shape index (κ1) is 19.3. The molecule has 2 heterocycles. The normalized spacial score (nSPS) is 20.9. The van der Waals surface area contributed by atoms with Gasteiger partial charge in [0.15, 0.2) is 0 Å². The smallest absolute Gasteiger partial charge is 0.338 e. The standard InChI is InChI=1S/C21H33N3O2/c1-21(2,19-8-10-22-11-9-19)26-20(25)18-6-4-17(5-7-18)16-24-14-12-23(3)13-15-24/h4-7,19,22H,8-16H2,1-3H3. The van der Waals surface area contributed by atoms with Gasteiger partial charge in [-0.25, -0.2) is 4.79 Å². The molecule has 0 aliphatic carbocycles. The summed E-state index contributed by atoms with van der Waals surface area (Å²) < 4.78 is 5.88. The Balaban J connectivity index is 1.54. The summed E-state index contributed by atoms with van der Waals surface area (Å²) >= 11 is 0. The number of likely N-dealkylation sites (N-methyl/N-ethyl adjacent to an activating group) is 1. The first-order chi connectivity index (χ1) is 12.4. The molecule has 5 nitrogen and oxygen atoms in total. The lowest BCUT2D eigenvalue weighted by molar-refractivity contribution is -0.0368. The minimum atomic E-state index is -0.419. The van der Waals surface area contributed by atoms with Crippen molar-refractivity contribution in [2.75, 3.05) is 46.3 Å². The van der Waals surface area contributed by atoms with Gasteiger partial charge in [-0.15, -0.1) is 0 Å². The van der Waals surface area contributed by atoms with Gasteiger partial charge in [0.25, 0.3) is 0 Å².